The van der Waals surface area contributed by atoms with Gasteiger partial charge in [-0.2, -0.15) is 9.29 Å². The number of anilines is 1. The second-order valence-corrected chi connectivity index (χ2v) is 9.13. The van der Waals surface area contributed by atoms with Gasteiger partial charge < -0.3 is 9.42 Å². The molecule has 0 atom stereocenters. The second-order valence-electron chi connectivity index (χ2n) is 7.20. The van der Waals surface area contributed by atoms with E-state index in [9.17, 15) is 8.42 Å². The molecule has 0 radical (unpaired) electrons. The van der Waals surface area contributed by atoms with Crippen LogP contribution in [0.3, 0.4) is 0 Å². The Morgan fingerprint density at radius 1 is 1.33 bits per heavy atom. The van der Waals surface area contributed by atoms with Crippen molar-refractivity contribution < 1.29 is 12.9 Å². The van der Waals surface area contributed by atoms with Gasteiger partial charge in [-0.15, -0.1) is 0 Å². The highest BCUT2D eigenvalue weighted by atomic mass is 32.2. The highest BCUT2D eigenvalue weighted by molar-refractivity contribution is 7.88. The van der Waals surface area contributed by atoms with Crippen LogP contribution in [0, 0.1) is 0 Å². The lowest BCUT2D eigenvalue weighted by atomic mass is 10.0. The van der Waals surface area contributed by atoms with Crippen LogP contribution in [0.2, 0.25) is 0 Å². The quantitative estimate of drug-likeness (QED) is 0.744. The van der Waals surface area contributed by atoms with Crippen LogP contribution < -0.4 is 4.90 Å². The summed E-state index contributed by atoms with van der Waals surface area (Å²) in [5, 5.41) is 4.01. The Labute approximate surface area is 160 Å². The number of rotatable bonds is 6. The molecule has 2 aromatic rings. The van der Waals surface area contributed by atoms with E-state index >= 15 is 0 Å². The van der Waals surface area contributed by atoms with Gasteiger partial charge in [0.2, 0.25) is 10.0 Å². The van der Waals surface area contributed by atoms with Crippen LogP contribution in [0.5, 0.6) is 0 Å². The molecular formula is C18H27N5O3S. The van der Waals surface area contributed by atoms with Crippen LogP contribution in [0.4, 0.5) is 5.82 Å². The lowest BCUT2D eigenvalue weighted by molar-refractivity contribution is 0.285. The van der Waals surface area contributed by atoms with Crippen LogP contribution in [-0.4, -0.2) is 59.8 Å². The van der Waals surface area contributed by atoms with E-state index in [4.69, 9.17) is 4.52 Å². The molecule has 0 aromatic carbocycles. The predicted octanol–water partition coefficient (Wildman–Crippen LogP) is 2.51. The fourth-order valence-electron chi connectivity index (χ4n) is 3.46. The summed E-state index contributed by atoms with van der Waals surface area (Å²) in [5.74, 6) is 2.23. The maximum absolute atomic E-state index is 11.9. The Bertz CT molecular complexity index is 873. The SMILES string of the molecule is CCN(C1CCN(c2cc(-c3nc(C(C)C)no3)ccn2)CC1)S(C)(=O)=O. The van der Waals surface area contributed by atoms with E-state index < -0.39 is 10.0 Å². The Hall–Kier alpha value is -2.00. The number of nitrogens with zero attached hydrogens (tertiary/aromatic N) is 5. The van der Waals surface area contributed by atoms with Gasteiger partial charge in [0, 0.05) is 43.4 Å². The van der Waals surface area contributed by atoms with Crippen molar-refractivity contribution in [2.24, 2.45) is 0 Å². The molecule has 1 aliphatic rings. The third-order valence-corrected chi connectivity index (χ3v) is 6.29. The maximum Gasteiger partial charge on any atom is 0.258 e. The number of hydrogen-bond donors (Lipinski definition) is 0. The molecule has 1 aliphatic heterocycles. The van der Waals surface area contributed by atoms with E-state index in [2.05, 4.69) is 20.0 Å². The number of pyridine rings is 1. The zero-order valence-corrected chi connectivity index (χ0v) is 17.1. The Balaban J connectivity index is 1.71. The molecule has 9 heteroatoms. The minimum Gasteiger partial charge on any atom is -0.356 e. The zero-order chi connectivity index (χ0) is 19.6. The lowest BCUT2D eigenvalue weighted by Crippen LogP contribution is -2.47. The molecule has 1 saturated heterocycles. The van der Waals surface area contributed by atoms with Gasteiger partial charge in [-0.3, -0.25) is 0 Å². The van der Waals surface area contributed by atoms with Gasteiger partial charge in [-0.1, -0.05) is 25.9 Å². The fraction of sp³-hybridized carbons (Fsp3) is 0.611. The second kappa shape index (κ2) is 7.93. The number of sulfonamides is 1. The summed E-state index contributed by atoms with van der Waals surface area (Å²) in [5.41, 5.74) is 0.841. The molecule has 1 fully saturated rings. The summed E-state index contributed by atoms with van der Waals surface area (Å²) in [4.78, 5) is 11.1. The molecule has 0 N–H and O–H groups in total. The first-order valence-electron chi connectivity index (χ1n) is 9.31. The van der Waals surface area contributed by atoms with Crippen LogP contribution in [0.1, 0.15) is 45.4 Å². The molecule has 0 saturated carbocycles. The molecule has 8 nitrogen and oxygen atoms in total. The van der Waals surface area contributed by atoms with Crippen LogP contribution in [0.15, 0.2) is 22.9 Å². The van der Waals surface area contributed by atoms with Gasteiger partial charge >= 0.3 is 0 Å². The summed E-state index contributed by atoms with van der Waals surface area (Å²) in [6.07, 6.45) is 4.59. The average molecular weight is 394 g/mol. The van der Waals surface area contributed by atoms with Crippen LogP contribution >= 0.6 is 0 Å². The molecule has 0 bridgehead atoms. The summed E-state index contributed by atoms with van der Waals surface area (Å²) in [6.45, 7) is 7.95. The van der Waals surface area contributed by atoms with Crippen molar-refractivity contribution in [3.63, 3.8) is 0 Å². The molecular weight excluding hydrogens is 366 g/mol. The molecule has 148 valence electrons. The largest absolute Gasteiger partial charge is 0.356 e. The van der Waals surface area contributed by atoms with Gasteiger partial charge in [0.15, 0.2) is 5.82 Å². The first-order valence-corrected chi connectivity index (χ1v) is 11.2. The lowest BCUT2D eigenvalue weighted by Gasteiger charge is -2.37. The highest BCUT2D eigenvalue weighted by Gasteiger charge is 2.29. The van der Waals surface area contributed by atoms with E-state index in [0.29, 0.717) is 18.3 Å². The maximum atomic E-state index is 11.9. The predicted molar refractivity (Wildman–Crippen MR) is 104 cm³/mol. The molecule has 0 spiro atoms. The topological polar surface area (TPSA) is 92.4 Å². The summed E-state index contributed by atoms with van der Waals surface area (Å²) in [6, 6.07) is 3.86. The zero-order valence-electron chi connectivity index (χ0n) is 16.3. The molecule has 2 aromatic heterocycles. The fourth-order valence-corrected chi connectivity index (χ4v) is 4.68. The van der Waals surface area contributed by atoms with Gasteiger partial charge in [0.05, 0.1) is 6.26 Å². The van der Waals surface area contributed by atoms with Crippen molar-refractivity contribution in [2.75, 3.05) is 30.8 Å². The molecule has 3 rings (SSSR count). The van der Waals surface area contributed by atoms with Gasteiger partial charge in [-0.25, -0.2) is 13.4 Å². The standard InChI is InChI=1S/C18H27N5O3S/c1-5-23(27(4,24)25)15-7-10-22(11-8-15)16-12-14(6-9-19-16)18-20-17(13(2)3)21-26-18/h6,9,12-13,15H,5,7-8,10-11H2,1-4H3. The third-order valence-electron chi connectivity index (χ3n) is 4.88. The highest BCUT2D eigenvalue weighted by Crippen LogP contribution is 2.26. The van der Waals surface area contributed by atoms with Crippen LogP contribution in [-0.2, 0) is 10.0 Å². The van der Waals surface area contributed by atoms with Crippen molar-refractivity contribution in [1.29, 1.82) is 0 Å². The number of hydrogen-bond acceptors (Lipinski definition) is 7. The first kappa shape index (κ1) is 19.8. The Morgan fingerprint density at radius 2 is 2.04 bits per heavy atom. The monoisotopic (exact) mass is 393 g/mol. The van der Waals surface area contributed by atoms with Crippen molar-refractivity contribution in [1.82, 2.24) is 19.4 Å². The molecule has 3 heterocycles. The van der Waals surface area contributed by atoms with E-state index in [1.165, 1.54) is 6.26 Å². The van der Waals surface area contributed by atoms with E-state index in [0.717, 1.165) is 37.3 Å². The van der Waals surface area contributed by atoms with E-state index in [1.807, 2.05) is 32.9 Å². The van der Waals surface area contributed by atoms with Gasteiger partial charge in [0.25, 0.3) is 5.89 Å². The van der Waals surface area contributed by atoms with Crippen molar-refractivity contribution >= 4 is 15.8 Å². The average Bonchev–Trinajstić information content (AvgIpc) is 3.12. The van der Waals surface area contributed by atoms with Crippen molar-refractivity contribution in [3.8, 4) is 11.5 Å². The molecule has 0 amide bonds. The van der Waals surface area contributed by atoms with Crippen LogP contribution in [0.25, 0.3) is 11.5 Å². The normalized spacial score (nSPS) is 16.4. The Kier molecular flexibility index (Phi) is 5.81. The summed E-state index contributed by atoms with van der Waals surface area (Å²) >= 11 is 0. The molecule has 0 unspecified atom stereocenters. The van der Waals surface area contributed by atoms with Gasteiger partial charge in [0.1, 0.15) is 5.82 Å². The van der Waals surface area contributed by atoms with E-state index in [-0.39, 0.29) is 12.0 Å². The smallest absolute Gasteiger partial charge is 0.258 e. The van der Waals surface area contributed by atoms with Gasteiger partial charge in [-0.05, 0) is 25.0 Å². The number of aromatic nitrogens is 3. The third kappa shape index (κ3) is 4.47. The summed E-state index contributed by atoms with van der Waals surface area (Å²) < 4.78 is 30.9. The van der Waals surface area contributed by atoms with E-state index in [1.54, 1.807) is 10.5 Å². The minimum absolute atomic E-state index is 0.0500. The first-order chi connectivity index (χ1) is 12.8. The Morgan fingerprint density at radius 3 is 2.59 bits per heavy atom. The number of piperidine rings is 1. The molecule has 27 heavy (non-hydrogen) atoms. The molecule has 0 aliphatic carbocycles. The summed E-state index contributed by atoms with van der Waals surface area (Å²) in [7, 11) is -3.17. The van der Waals surface area contributed by atoms with Crippen molar-refractivity contribution in [3.05, 3.63) is 24.2 Å². The minimum atomic E-state index is -3.17. The van der Waals surface area contributed by atoms with Crippen molar-refractivity contribution in [2.45, 2.75) is 45.6 Å².